The van der Waals surface area contributed by atoms with Gasteiger partial charge in [0.1, 0.15) is 21.9 Å². The molecule has 1 fully saturated rings. The highest BCUT2D eigenvalue weighted by Gasteiger charge is 2.59. The number of benzene rings is 2. The molecule has 3 unspecified atom stereocenters. The average Bonchev–Trinajstić information content (AvgIpc) is 3.38. The lowest BCUT2D eigenvalue weighted by Gasteiger charge is -2.37. The smallest absolute Gasteiger partial charge is 0.260 e. The first-order valence-electron chi connectivity index (χ1n) is 11.6. The summed E-state index contributed by atoms with van der Waals surface area (Å²) in [4.78, 5) is 12.3. The van der Waals surface area contributed by atoms with Crippen LogP contribution in [-0.4, -0.2) is 18.1 Å². The molecule has 1 aliphatic rings. The van der Waals surface area contributed by atoms with E-state index in [2.05, 4.69) is 16.7 Å². The Morgan fingerprint density at radius 1 is 1.24 bits per heavy atom. The molecule has 0 saturated carbocycles. The van der Waals surface area contributed by atoms with Crippen LogP contribution in [0.1, 0.15) is 53.9 Å². The van der Waals surface area contributed by atoms with E-state index in [1.807, 2.05) is 20.8 Å². The van der Waals surface area contributed by atoms with Crippen LogP contribution in [0.3, 0.4) is 0 Å². The first kappa shape index (κ1) is 27.3. The molecule has 2 heterocycles. The zero-order chi connectivity index (χ0) is 27.1. The molecule has 4 N–H and O–H groups in total. The minimum absolute atomic E-state index is 0.0928. The van der Waals surface area contributed by atoms with E-state index >= 15 is 8.78 Å². The van der Waals surface area contributed by atoms with E-state index < -0.39 is 41.1 Å². The van der Waals surface area contributed by atoms with Crippen LogP contribution in [-0.2, 0) is 5.41 Å². The second-order valence-corrected chi connectivity index (χ2v) is 12.1. The molecule has 1 saturated heterocycles. The number of nitrogens with one attached hydrogen (secondary N) is 2. The number of amides is 1. The minimum atomic E-state index is -1.58. The van der Waals surface area contributed by atoms with Crippen LogP contribution in [0.2, 0.25) is 10.0 Å². The lowest BCUT2D eigenvalue weighted by atomic mass is 9.63. The summed E-state index contributed by atoms with van der Waals surface area (Å²) in [5, 5.41) is 19.3. The molecule has 0 radical (unpaired) electrons. The Balaban J connectivity index is 2.00. The molecule has 4 atom stereocenters. The Hall–Kier alpha value is -2.70. The molecule has 1 amide bonds. The third-order valence-electron chi connectivity index (χ3n) is 6.65. The molecule has 0 bridgehead atoms. The van der Waals surface area contributed by atoms with Crippen LogP contribution in [0, 0.1) is 28.4 Å². The largest absolute Gasteiger partial charge is 0.368 e. The van der Waals surface area contributed by atoms with E-state index in [0.29, 0.717) is 12.1 Å². The van der Waals surface area contributed by atoms with E-state index in [0.717, 1.165) is 17.4 Å². The topological polar surface area (TPSA) is 90.9 Å². The monoisotopic (exact) mass is 562 g/mol. The van der Waals surface area contributed by atoms with Gasteiger partial charge in [0.2, 0.25) is 0 Å². The summed E-state index contributed by atoms with van der Waals surface area (Å²) >= 11 is 13.4. The van der Waals surface area contributed by atoms with Gasteiger partial charge in [-0.1, -0.05) is 62.2 Å². The lowest BCUT2D eigenvalue weighted by Crippen LogP contribution is -2.44. The van der Waals surface area contributed by atoms with Crippen molar-refractivity contribution in [2.75, 3.05) is 5.32 Å². The zero-order valence-corrected chi connectivity index (χ0v) is 22.7. The molecule has 5 nitrogen and oxygen atoms in total. The number of nitriles is 1. The van der Waals surface area contributed by atoms with Crippen molar-refractivity contribution in [3.8, 4) is 6.07 Å². The highest BCUT2D eigenvalue weighted by molar-refractivity contribution is 7.12. The van der Waals surface area contributed by atoms with Gasteiger partial charge in [0.15, 0.2) is 0 Å². The van der Waals surface area contributed by atoms with Crippen LogP contribution < -0.4 is 16.4 Å². The van der Waals surface area contributed by atoms with E-state index in [9.17, 15) is 10.1 Å². The third kappa shape index (κ3) is 5.06. The van der Waals surface area contributed by atoms with Gasteiger partial charge in [0, 0.05) is 22.5 Å². The van der Waals surface area contributed by atoms with Gasteiger partial charge in [0.25, 0.3) is 5.91 Å². The lowest BCUT2D eigenvalue weighted by molar-refractivity contribution is 0.100. The molecule has 37 heavy (non-hydrogen) atoms. The Morgan fingerprint density at radius 2 is 1.97 bits per heavy atom. The van der Waals surface area contributed by atoms with Crippen molar-refractivity contribution in [3.05, 3.63) is 85.5 Å². The molecule has 4 rings (SSSR count). The van der Waals surface area contributed by atoms with Crippen LogP contribution in [0.25, 0.3) is 0 Å². The number of hydrogen-bond donors (Lipinski definition) is 3. The summed E-state index contributed by atoms with van der Waals surface area (Å²) < 4.78 is 31.3. The Labute approximate surface area is 228 Å². The highest BCUT2D eigenvalue weighted by Crippen LogP contribution is 2.52. The molecular weight excluding hydrogens is 537 g/mol. The van der Waals surface area contributed by atoms with Crippen molar-refractivity contribution >= 4 is 46.1 Å². The maximum atomic E-state index is 15.7. The van der Waals surface area contributed by atoms with Gasteiger partial charge in [-0.25, -0.2) is 8.78 Å². The average molecular weight is 564 g/mol. The summed E-state index contributed by atoms with van der Waals surface area (Å²) in [6.07, 6.45) is -0.339. The predicted octanol–water partition coefficient (Wildman–Crippen LogP) is 6.82. The van der Waals surface area contributed by atoms with Crippen LogP contribution in [0.15, 0.2) is 47.8 Å². The van der Waals surface area contributed by atoms with E-state index in [-0.39, 0.29) is 31.5 Å². The molecule has 2 aromatic carbocycles. The highest BCUT2D eigenvalue weighted by atomic mass is 35.5. The Kier molecular flexibility index (Phi) is 7.55. The summed E-state index contributed by atoms with van der Waals surface area (Å²) in [5.41, 5.74) is 4.36. The summed E-state index contributed by atoms with van der Waals surface area (Å²) in [5.74, 6) is -2.95. The maximum absolute atomic E-state index is 15.7. The van der Waals surface area contributed by atoms with Crippen molar-refractivity contribution in [3.63, 3.8) is 0 Å². The fourth-order valence-corrected chi connectivity index (χ4v) is 6.29. The molecule has 0 aliphatic carbocycles. The first-order valence-corrected chi connectivity index (χ1v) is 13.2. The van der Waals surface area contributed by atoms with Crippen LogP contribution in [0.5, 0.6) is 0 Å². The van der Waals surface area contributed by atoms with Gasteiger partial charge in [0.05, 0.1) is 22.9 Å². The Bertz CT molecular complexity index is 1380. The van der Waals surface area contributed by atoms with Crippen molar-refractivity contribution in [1.29, 1.82) is 5.26 Å². The second kappa shape index (κ2) is 10.2. The number of primary amides is 1. The van der Waals surface area contributed by atoms with Crippen molar-refractivity contribution in [1.82, 2.24) is 5.32 Å². The van der Waals surface area contributed by atoms with Gasteiger partial charge in [-0.15, -0.1) is 11.3 Å². The van der Waals surface area contributed by atoms with Crippen molar-refractivity contribution in [2.24, 2.45) is 11.1 Å². The third-order valence-corrected chi connectivity index (χ3v) is 8.11. The van der Waals surface area contributed by atoms with Gasteiger partial charge in [-0.3, -0.25) is 10.1 Å². The minimum Gasteiger partial charge on any atom is -0.368 e. The number of nitrogens with zero attached hydrogens (tertiary/aromatic N) is 1. The number of halogens is 4. The van der Waals surface area contributed by atoms with E-state index in [1.165, 1.54) is 18.2 Å². The summed E-state index contributed by atoms with van der Waals surface area (Å²) in [7, 11) is 0. The maximum Gasteiger partial charge on any atom is 0.260 e. The molecule has 194 valence electrons. The zero-order valence-electron chi connectivity index (χ0n) is 20.4. The number of nitrogens with two attached hydrogens (primary N) is 1. The van der Waals surface area contributed by atoms with Crippen LogP contribution >= 0.6 is 34.5 Å². The van der Waals surface area contributed by atoms with Crippen LogP contribution in [0.4, 0.5) is 14.5 Å². The van der Waals surface area contributed by atoms with Gasteiger partial charge in [-0.2, -0.15) is 5.26 Å². The Morgan fingerprint density at radius 3 is 2.59 bits per heavy atom. The number of carbonyl (C=O) groups excluding carboxylic acids is 1. The summed E-state index contributed by atoms with van der Waals surface area (Å²) in [6, 6.07) is 12.2. The number of thiophene rings is 1. The normalized spacial score (nSPS) is 23.6. The van der Waals surface area contributed by atoms with Gasteiger partial charge >= 0.3 is 0 Å². The fourth-order valence-electron chi connectivity index (χ4n) is 5.24. The molecule has 10 heteroatoms. The van der Waals surface area contributed by atoms with Gasteiger partial charge in [-0.05, 0) is 47.0 Å². The second-order valence-electron chi connectivity index (χ2n) is 10.4. The van der Waals surface area contributed by atoms with E-state index in [4.69, 9.17) is 28.9 Å². The standard InChI is InChI=1S/C27H26Cl2F2N4OS/c1-26(2,3)12-20-27(13-32,16-8-7-14(28)11-18(16)30)21(15-5-4-6-17(29)22(15)31)25(35-20)34-19-9-10-37-23(19)24(33)36/h4-11,20-21,25,34-35H,12H2,1-3H3,(H2,33,36)/t20?,21?,25?,27-/m0/s1. The molecule has 1 aromatic heterocycles. The molecule has 0 spiro atoms. The SMILES string of the molecule is CC(C)(C)CC1NC(Nc2ccsc2C(N)=O)C(c2cccc(Cl)c2F)[C@@]1(C#N)c1ccc(Cl)cc1F. The van der Waals surface area contributed by atoms with Crippen molar-refractivity contribution < 1.29 is 13.6 Å². The molecule has 1 aliphatic heterocycles. The number of rotatable bonds is 6. The number of anilines is 1. The fraction of sp³-hybridized carbons (Fsp3) is 0.333. The molecule has 3 aromatic rings. The van der Waals surface area contributed by atoms with E-state index in [1.54, 1.807) is 23.6 Å². The quantitative estimate of drug-likeness (QED) is 0.307. The number of carbonyl (C=O) groups is 1. The molecular formula is C27H26Cl2F2N4OS. The first-order chi connectivity index (χ1) is 17.4. The van der Waals surface area contributed by atoms with Crippen molar-refractivity contribution in [2.45, 2.75) is 50.7 Å². The number of hydrogen-bond acceptors (Lipinski definition) is 5. The van der Waals surface area contributed by atoms with Gasteiger partial charge < -0.3 is 11.1 Å². The summed E-state index contributed by atoms with van der Waals surface area (Å²) in [6.45, 7) is 6.03. The predicted molar refractivity (Wildman–Crippen MR) is 144 cm³/mol.